The van der Waals surface area contributed by atoms with Gasteiger partial charge in [-0.25, -0.2) is 0 Å². The zero-order valence-corrected chi connectivity index (χ0v) is 13.9. The van der Waals surface area contributed by atoms with Crippen LogP contribution in [0.5, 0.6) is 5.75 Å². The number of ether oxygens (including phenoxy) is 2. The summed E-state index contributed by atoms with van der Waals surface area (Å²) in [6.45, 7) is 1.83. The van der Waals surface area contributed by atoms with Gasteiger partial charge in [0.25, 0.3) is 0 Å². The Kier molecular flexibility index (Phi) is 7.54. The quantitative estimate of drug-likeness (QED) is 0.688. The van der Waals surface area contributed by atoms with Crippen LogP contribution in [0.15, 0.2) is 24.3 Å². The Balaban J connectivity index is 2.43. The zero-order chi connectivity index (χ0) is 17.3. The lowest BCUT2D eigenvalue weighted by atomic mass is 9.98. The monoisotopic (exact) mass is 323 g/mol. The molecule has 0 saturated heterocycles. The van der Waals surface area contributed by atoms with Crippen LogP contribution in [0.25, 0.3) is 0 Å². The van der Waals surface area contributed by atoms with E-state index in [0.717, 1.165) is 17.7 Å². The van der Waals surface area contributed by atoms with Crippen LogP contribution in [-0.2, 0) is 20.7 Å². The summed E-state index contributed by atoms with van der Waals surface area (Å²) in [6.07, 6.45) is 1.63. The molecule has 0 heterocycles. The molecule has 0 aromatic heterocycles. The fraction of sp³-hybridized carbons (Fsp3) is 0.529. The summed E-state index contributed by atoms with van der Waals surface area (Å²) >= 11 is 0. The zero-order valence-electron chi connectivity index (χ0n) is 13.9. The van der Waals surface area contributed by atoms with Gasteiger partial charge in [0.15, 0.2) is 0 Å². The molecule has 128 valence electrons. The molecule has 1 aromatic carbocycles. The largest absolute Gasteiger partial charge is 0.497 e. The third-order valence-corrected chi connectivity index (χ3v) is 3.47. The number of carbonyl (C=O) groups is 2. The van der Waals surface area contributed by atoms with E-state index < -0.39 is 11.5 Å². The molecule has 0 bridgehead atoms. The number of methoxy groups -OCH3 is 2. The van der Waals surface area contributed by atoms with Crippen molar-refractivity contribution in [2.45, 2.75) is 38.1 Å². The number of carbonyl (C=O) groups excluding carboxylic acids is 1. The van der Waals surface area contributed by atoms with Gasteiger partial charge in [-0.2, -0.15) is 0 Å². The van der Waals surface area contributed by atoms with Gasteiger partial charge in [-0.05, 0) is 37.5 Å². The molecule has 0 radical (unpaired) electrons. The lowest BCUT2D eigenvalue weighted by Crippen LogP contribution is -2.50. The van der Waals surface area contributed by atoms with E-state index in [2.05, 4.69) is 5.32 Å². The first-order valence-electron chi connectivity index (χ1n) is 7.53. The summed E-state index contributed by atoms with van der Waals surface area (Å²) in [4.78, 5) is 22.9. The van der Waals surface area contributed by atoms with Crippen LogP contribution in [0.4, 0.5) is 0 Å². The van der Waals surface area contributed by atoms with Crippen molar-refractivity contribution >= 4 is 11.9 Å². The highest BCUT2D eigenvalue weighted by Crippen LogP contribution is 2.14. The fourth-order valence-electron chi connectivity index (χ4n) is 2.43. The van der Waals surface area contributed by atoms with Crippen LogP contribution < -0.4 is 10.1 Å². The summed E-state index contributed by atoms with van der Waals surface area (Å²) < 4.78 is 10.1. The highest BCUT2D eigenvalue weighted by Gasteiger charge is 2.29. The van der Waals surface area contributed by atoms with Gasteiger partial charge in [0.2, 0.25) is 5.91 Å². The summed E-state index contributed by atoms with van der Waals surface area (Å²) in [5.41, 5.74) is 0.237. The molecular weight excluding hydrogens is 298 g/mol. The molecular formula is C17H25NO5. The Hall–Kier alpha value is -2.08. The number of nitrogens with one attached hydrogen (secondary N) is 1. The SMILES string of the molecule is COCC(C)(CC(=O)O)NC(=O)CCCc1ccc(OC)cc1. The number of hydrogen-bond acceptors (Lipinski definition) is 4. The first-order chi connectivity index (χ1) is 10.9. The lowest BCUT2D eigenvalue weighted by molar-refractivity contribution is -0.139. The molecule has 1 amide bonds. The minimum absolute atomic E-state index is 0.156. The Morgan fingerprint density at radius 3 is 2.39 bits per heavy atom. The van der Waals surface area contributed by atoms with Crippen molar-refractivity contribution in [2.24, 2.45) is 0 Å². The van der Waals surface area contributed by atoms with Crippen LogP contribution in [0.1, 0.15) is 31.7 Å². The number of aliphatic carboxylic acids is 1. The summed E-state index contributed by atoms with van der Waals surface area (Å²) in [6, 6.07) is 7.71. The highest BCUT2D eigenvalue weighted by atomic mass is 16.5. The van der Waals surface area contributed by atoms with Crippen molar-refractivity contribution in [3.05, 3.63) is 29.8 Å². The molecule has 0 saturated carbocycles. The normalized spacial score (nSPS) is 13.2. The van der Waals surface area contributed by atoms with Crippen LogP contribution in [0.3, 0.4) is 0 Å². The molecule has 0 aliphatic heterocycles. The minimum Gasteiger partial charge on any atom is -0.497 e. The van der Waals surface area contributed by atoms with Gasteiger partial charge in [0.1, 0.15) is 5.75 Å². The second-order valence-electron chi connectivity index (χ2n) is 5.81. The maximum absolute atomic E-state index is 12.0. The fourth-order valence-corrected chi connectivity index (χ4v) is 2.43. The molecule has 1 rings (SSSR count). The van der Waals surface area contributed by atoms with E-state index in [0.29, 0.717) is 12.8 Å². The number of hydrogen-bond donors (Lipinski definition) is 2. The molecule has 1 unspecified atom stereocenters. The molecule has 6 nitrogen and oxygen atoms in total. The molecule has 0 aliphatic carbocycles. The molecule has 2 N–H and O–H groups in total. The molecule has 23 heavy (non-hydrogen) atoms. The second-order valence-corrected chi connectivity index (χ2v) is 5.81. The Labute approximate surface area is 136 Å². The predicted octanol–water partition coefficient (Wildman–Crippen LogP) is 2.01. The second kappa shape index (κ2) is 9.15. The van der Waals surface area contributed by atoms with E-state index in [1.807, 2.05) is 24.3 Å². The van der Waals surface area contributed by atoms with E-state index in [-0.39, 0.29) is 18.9 Å². The van der Waals surface area contributed by atoms with Crippen molar-refractivity contribution in [3.63, 3.8) is 0 Å². The number of carboxylic acids is 1. The van der Waals surface area contributed by atoms with Gasteiger partial charge in [-0.15, -0.1) is 0 Å². The van der Waals surface area contributed by atoms with E-state index in [1.54, 1.807) is 14.0 Å². The first kappa shape index (κ1) is 19.0. The number of aryl methyl sites for hydroxylation is 1. The molecule has 1 atom stereocenters. The molecule has 0 aliphatic rings. The molecule has 0 spiro atoms. The molecule has 0 fully saturated rings. The van der Waals surface area contributed by atoms with Crippen LogP contribution >= 0.6 is 0 Å². The topological polar surface area (TPSA) is 84.9 Å². The number of carboxylic acid groups (broad SMARTS) is 1. The lowest BCUT2D eigenvalue weighted by Gasteiger charge is -2.28. The summed E-state index contributed by atoms with van der Waals surface area (Å²) in [5, 5.41) is 11.7. The standard InChI is InChI=1S/C17H25NO5/c1-17(12-22-2,11-16(20)21)18-15(19)6-4-5-13-7-9-14(23-3)10-8-13/h7-10H,4-6,11-12H2,1-3H3,(H,18,19)(H,20,21). The van der Waals surface area contributed by atoms with Gasteiger partial charge in [0.05, 0.1) is 25.7 Å². The average molecular weight is 323 g/mol. The van der Waals surface area contributed by atoms with Crippen molar-refractivity contribution in [3.8, 4) is 5.75 Å². The average Bonchev–Trinajstić information content (AvgIpc) is 2.47. The minimum atomic E-state index is -0.969. The third kappa shape index (κ3) is 7.15. The van der Waals surface area contributed by atoms with Crippen molar-refractivity contribution < 1.29 is 24.2 Å². The van der Waals surface area contributed by atoms with Crippen molar-refractivity contribution in [2.75, 3.05) is 20.8 Å². The summed E-state index contributed by atoms with van der Waals surface area (Å²) in [7, 11) is 3.10. The predicted molar refractivity (Wildman–Crippen MR) is 86.6 cm³/mol. The van der Waals surface area contributed by atoms with Crippen LogP contribution in [-0.4, -0.2) is 43.3 Å². The molecule has 1 aromatic rings. The van der Waals surface area contributed by atoms with Crippen molar-refractivity contribution in [1.82, 2.24) is 5.32 Å². The van der Waals surface area contributed by atoms with Crippen LogP contribution in [0.2, 0.25) is 0 Å². The summed E-state index contributed by atoms with van der Waals surface area (Å²) in [5.74, 6) is -0.335. The van der Waals surface area contributed by atoms with Gasteiger partial charge < -0.3 is 19.9 Å². The van der Waals surface area contributed by atoms with Crippen molar-refractivity contribution in [1.29, 1.82) is 0 Å². The maximum Gasteiger partial charge on any atom is 0.305 e. The smallest absolute Gasteiger partial charge is 0.305 e. The Morgan fingerprint density at radius 2 is 1.87 bits per heavy atom. The van der Waals surface area contributed by atoms with E-state index in [1.165, 1.54) is 7.11 Å². The third-order valence-electron chi connectivity index (χ3n) is 3.47. The Morgan fingerprint density at radius 1 is 1.22 bits per heavy atom. The van der Waals surface area contributed by atoms with E-state index in [4.69, 9.17) is 14.6 Å². The number of rotatable bonds is 10. The van der Waals surface area contributed by atoms with Gasteiger partial charge in [0, 0.05) is 13.5 Å². The van der Waals surface area contributed by atoms with E-state index in [9.17, 15) is 9.59 Å². The highest BCUT2D eigenvalue weighted by molar-refractivity contribution is 5.78. The van der Waals surface area contributed by atoms with Gasteiger partial charge in [-0.3, -0.25) is 9.59 Å². The Bertz CT molecular complexity index is 514. The maximum atomic E-state index is 12.0. The number of benzene rings is 1. The number of amides is 1. The van der Waals surface area contributed by atoms with Gasteiger partial charge in [-0.1, -0.05) is 12.1 Å². The van der Waals surface area contributed by atoms with Gasteiger partial charge >= 0.3 is 5.97 Å². The van der Waals surface area contributed by atoms with E-state index >= 15 is 0 Å². The first-order valence-corrected chi connectivity index (χ1v) is 7.53. The molecule has 6 heteroatoms. The van der Waals surface area contributed by atoms with Crippen LogP contribution in [0, 0.1) is 0 Å².